The topological polar surface area (TPSA) is 98.3 Å². The maximum atomic E-state index is 13.1. The molecule has 114 valence electrons. The van der Waals surface area contributed by atoms with Gasteiger partial charge in [0.2, 0.25) is 0 Å². The van der Waals surface area contributed by atoms with E-state index in [2.05, 4.69) is 25.4 Å². The first-order chi connectivity index (χ1) is 10.7. The number of rotatable bonds is 5. The molecule has 2 heterocycles. The third kappa shape index (κ3) is 3.00. The standard InChI is InChI=1S/C13H14FN7S/c1-8-16-11(18-17-8)7-22-13-20-19-12(6-15)21(13)10-4-2-9(14)3-5-10/h2-5H,6-7,15H2,1H3,(H,16,17,18). The lowest BCUT2D eigenvalue weighted by atomic mass is 10.3. The molecule has 3 aromatic rings. The number of halogens is 1. The summed E-state index contributed by atoms with van der Waals surface area (Å²) >= 11 is 1.44. The third-order valence-corrected chi connectivity index (χ3v) is 3.87. The molecule has 2 aromatic heterocycles. The van der Waals surface area contributed by atoms with E-state index < -0.39 is 0 Å². The van der Waals surface area contributed by atoms with E-state index in [-0.39, 0.29) is 12.4 Å². The molecule has 7 nitrogen and oxygen atoms in total. The molecule has 9 heteroatoms. The van der Waals surface area contributed by atoms with E-state index in [1.54, 1.807) is 12.1 Å². The van der Waals surface area contributed by atoms with Gasteiger partial charge >= 0.3 is 0 Å². The molecule has 0 aliphatic carbocycles. The van der Waals surface area contributed by atoms with E-state index in [0.717, 1.165) is 11.5 Å². The van der Waals surface area contributed by atoms with Crippen LogP contribution in [0.15, 0.2) is 29.4 Å². The Labute approximate surface area is 130 Å². The first kappa shape index (κ1) is 14.7. The van der Waals surface area contributed by atoms with Gasteiger partial charge in [0, 0.05) is 5.69 Å². The first-order valence-corrected chi connectivity index (χ1v) is 7.57. The van der Waals surface area contributed by atoms with Crippen LogP contribution in [0.25, 0.3) is 5.69 Å². The summed E-state index contributed by atoms with van der Waals surface area (Å²) in [5, 5.41) is 15.8. The van der Waals surface area contributed by atoms with Crippen molar-refractivity contribution in [3.63, 3.8) is 0 Å². The van der Waals surface area contributed by atoms with Gasteiger partial charge in [-0.1, -0.05) is 11.8 Å². The average Bonchev–Trinajstić information content (AvgIpc) is 3.12. The quantitative estimate of drug-likeness (QED) is 0.693. The van der Waals surface area contributed by atoms with Gasteiger partial charge < -0.3 is 5.73 Å². The van der Waals surface area contributed by atoms with E-state index in [1.807, 2.05) is 11.5 Å². The monoisotopic (exact) mass is 319 g/mol. The summed E-state index contributed by atoms with van der Waals surface area (Å²) in [6.07, 6.45) is 0. The lowest BCUT2D eigenvalue weighted by Gasteiger charge is -2.08. The van der Waals surface area contributed by atoms with Crippen LogP contribution in [-0.4, -0.2) is 29.9 Å². The molecule has 0 saturated carbocycles. The van der Waals surface area contributed by atoms with Crippen molar-refractivity contribution < 1.29 is 4.39 Å². The largest absolute Gasteiger partial charge is 0.324 e. The number of aryl methyl sites for hydroxylation is 1. The summed E-state index contributed by atoms with van der Waals surface area (Å²) in [5.41, 5.74) is 6.47. The number of H-pyrrole nitrogens is 1. The normalized spacial score (nSPS) is 11.0. The maximum absolute atomic E-state index is 13.1. The smallest absolute Gasteiger partial charge is 0.196 e. The number of benzene rings is 1. The van der Waals surface area contributed by atoms with Crippen LogP contribution in [0.2, 0.25) is 0 Å². The Morgan fingerprint density at radius 3 is 2.68 bits per heavy atom. The van der Waals surface area contributed by atoms with Crippen molar-refractivity contribution >= 4 is 11.8 Å². The maximum Gasteiger partial charge on any atom is 0.196 e. The lowest BCUT2D eigenvalue weighted by Crippen LogP contribution is -2.07. The number of thioether (sulfide) groups is 1. The number of nitrogens with one attached hydrogen (secondary N) is 1. The van der Waals surface area contributed by atoms with Gasteiger partial charge in [0.15, 0.2) is 16.8 Å². The fourth-order valence-corrected chi connectivity index (χ4v) is 2.78. The Morgan fingerprint density at radius 2 is 2.05 bits per heavy atom. The highest BCUT2D eigenvalue weighted by molar-refractivity contribution is 7.98. The Morgan fingerprint density at radius 1 is 1.27 bits per heavy atom. The van der Waals surface area contributed by atoms with Gasteiger partial charge in [-0.3, -0.25) is 9.67 Å². The van der Waals surface area contributed by atoms with Crippen molar-refractivity contribution in [2.24, 2.45) is 5.73 Å². The van der Waals surface area contributed by atoms with Crippen LogP contribution in [0, 0.1) is 12.7 Å². The Balaban J connectivity index is 1.88. The molecule has 22 heavy (non-hydrogen) atoms. The minimum Gasteiger partial charge on any atom is -0.324 e. The van der Waals surface area contributed by atoms with E-state index in [4.69, 9.17) is 5.73 Å². The van der Waals surface area contributed by atoms with Crippen LogP contribution in [0.1, 0.15) is 17.5 Å². The third-order valence-electron chi connectivity index (χ3n) is 2.94. The molecule has 0 atom stereocenters. The van der Waals surface area contributed by atoms with E-state index in [9.17, 15) is 4.39 Å². The van der Waals surface area contributed by atoms with Crippen molar-refractivity contribution in [1.82, 2.24) is 29.9 Å². The predicted molar refractivity (Wildman–Crippen MR) is 79.9 cm³/mol. The van der Waals surface area contributed by atoms with Crippen LogP contribution in [0.3, 0.4) is 0 Å². The van der Waals surface area contributed by atoms with Crippen molar-refractivity contribution in [1.29, 1.82) is 0 Å². The zero-order chi connectivity index (χ0) is 15.5. The predicted octanol–water partition coefficient (Wildman–Crippen LogP) is 1.58. The summed E-state index contributed by atoms with van der Waals surface area (Å²) in [7, 11) is 0. The molecule has 0 aliphatic rings. The van der Waals surface area contributed by atoms with Gasteiger partial charge in [-0.25, -0.2) is 9.37 Å². The molecule has 0 spiro atoms. The lowest BCUT2D eigenvalue weighted by molar-refractivity contribution is 0.627. The number of hydrogen-bond donors (Lipinski definition) is 2. The number of aromatic nitrogens is 6. The van der Waals surface area contributed by atoms with Crippen LogP contribution in [0.5, 0.6) is 0 Å². The molecule has 0 aliphatic heterocycles. The van der Waals surface area contributed by atoms with Gasteiger partial charge in [-0.2, -0.15) is 5.10 Å². The Hall–Kier alpha value is -2.26. The zero-order valence-corrected chi connectivity index (χ0v) is 12.6. The summed E-state index contributed by atoms with van der Waals surface area (Å²) in [4.78, 5) is 4.25. The molecular weight excluding hydrogens is 305 g/mol. The molecule has 0 radical (unpaired) electrons. The highest BCUT2D eigenvalue weighted by Gasteiger charge is 2.14. The van der Waals surface area contributed by atoms with Crippen LogP contribution in [0.4, 0.5) is 4.39 Å². The van der Waals surface area contributed by atoms with E-state index in [1.165, 1.54) is 23.9 Å². The van der Waals surface area contributed by atoms with Crippen molar-refractivity contribution in [3.8, 4) is 5.69 Å². The van der Waals surface area contributed by atoms with E-state index >= 15 is 0 Å². The molecule has 1 aromatic carbocycles. The first-order valence-electron chi connectivity index (χ1n) is 6.58. The summed E-state index contributed by atoms with van der Waals surface area (Å²) in [6, 6.07) is 6.11. The van der Waals surface area contributed by atoms with Crippen LogP contribution >= 0.6 is 11.8 Å². The minimum atomic E-state index is -0.295. The number of aromatic amines is 1. The second-order valence-electron chi connectivity index (χ2n) is 4.54. The van der Waals surface area contributed by atoms with Crippen molar-refractivity contribution in [3.05, 3.63) is 47.6 Å². The molecule has 0 amide bonds. The number of hydrogen-bond acceptors (Lipinski definition) is 6. The second kappa shape index (κ2) is 6.24. The van der Waals surface area contributed by atoms with Crippen molar-refractivity contribution in [2.45, 2.75) is 24.4 Å². The highest BCUT2D eigenvalue weighted by Crippen LogP contribution is 2.24. The molecule has 0 bridgehead atoms. The van der Waals surface area contributed by atoms with Gasteiger partial charge in [0.1, 0.15) is 11.6 Å². The van der Waals surface area contributed by atoms with Gasteiger partial charge in [0.25, 0.3) is 0 Å². The van der Waals surface area contributed by atoms with Gasteiger partial charge in [-0.15, -0.1) is 10.2 Å². The van der Waals surface area contributed by atoms with Crippen molar-refractivity contribution in [2.75, 3.05) is 0 Å². The Bertz CT molecular complexity index is 765. The molecule has 3 N–H and O–H groups in total. The van der Waals surface area contributed by atoms with Gasteiger partial charge in [0.05, 0.1) is 12.3 Å². The number of nitrogens with zero attached hydrogens (tertiary/aromatic N) is 5. The molecule has 0 fully saturated rings. The summed E-state index contributed by atoms with van der Waals surface area (Å²) in [5.74, 6) is 2.31. The van der Waals surface area contributed by atoms with Crippen LogP contribution < -0.4 is 5.73 Å². The fourth-order valence-electron chi connectivity index (χ4n) is 1.96. The molecular formula is C13H14FN7S. The SMILES string of the molecule is Cc1nc(CSc2nnc(CN)n2-c2ccc(F)cc2)n[nH]1. The van der Waals surface area contributed by atoms with E-state index in [0.29, 0.717) is 22.6 Å². The molecule has 0 saturated heterocycles. The van der Waals surface area contributed by atoms with Crippen LogP contribution in [-0.2, 0) is 12.3 Å². The average molecular weight is 319 g/mol. The van der Waals surface area contributed by atoms with Gasteiger partial charge in [-0.05, 0) is 31.2 Å². The highest BCUT2D eigenvalue weighted by atomic mass is 32.2. The minimum absolute atomic E-state index is 0.241. The number of nitrogens with two attached hydrogens (primary N) is 1. The molecule has 0 unspecified atom stereocenters. The Kier molecular flexibility index (Phi) is 4.16. The summed E-state index contributed by atoms with van der Waals surface area (Å²) < 4.78 is 14.9. The second-order valence-corrected chi connectivity index (χ2v) is 5.48. The zero-order valence-electron chi connectivity index (χ0n) is 11.8. The fraction of sp³-hybridized carbons (Fsp3) is 0.231. The summed E-state index contributed by atoms with van der Waals surface area (Å²) in [6.45, 7) is 2.08. The molecule has 3 rings (SSSR count).